The summed E-state index contributed by atoms with van der Waals surface area (Å²) < 4.78 is 0. The van der Waals surface area contributed by atoms with Crippen LogP contribution in [0.5, 0.6) is 0 Å². The van der Waals surface area contributed by atoms with Crippen molar-refractivity contribution < 1.29 is 4.79 Å². The summed E-state index contributed by atoms with van der Waals surface area (Å²) in [5.74, 6) is -0.382. The molecule has 0 aliphatic carbocycles. The topological polar surface area (TPSA) is 67.2 Å². The first-order valence-electron chi connectivity index (χ1n) is 5.42. The fourth-order valence-corrected chi connectivity index (χ4v) is 1.39. The summed E-state index contributed by atoms with van der Waals surface area (Å²) in [7, 11) is 0. The van der Waals surface area contributed by atoms with E-state index in [4.69, 9.17) is 0 Å². The quantitative estimate of drug-likeness (QED) is 0.653. The third-order valence-corrected chi connectivity index (χ3v) is 2.22. The predicted octanol–water partition coefficient (Wildman–Crippen LogP) is 1.55. The number of carbonyl (C=O) groups excluding carboxylic acids is 1. The standard InChI is InChI=1S/C13H12N4O/c1-10-3-2-4-11(7-10)8-16-17-13(18)12-9-14-5-6-15-12/h2-9H,1H3,(H,17,18)/b16-8-. The number of amides is 1. The number of hydrazone groups is 1. The maximum absolute atomic E-state index is 11.6. The number of carbonyl (C=O) groups is 1. The highest BCUT2D eigenvalue weighted by Crippen LogP contribution is 2.00. The molecule has 0 bridgehead atoms. The lowest BCUT2D eigenvalue weighted by Gasteiger charge is -1.98. The Bertz CT molecular complexity index is 566. The van der Waals surface area contributed by atoms with Crippen molar-refractivity contribution in [2.24, 2.45) is 5.10 Å². The maximum atomic E-state index is 11.6. The van der Waals surface area contributed by atoms with Crippen molar-refractivity contribution in [2.75, 3.05) is 0 Å². The van der Waals surface area contributed by atoms with Crippen LogP contribution in [0.15, 0.2) is 48.0 Å². The first-order valence-corrected chi connectivity index (χ1v) is 5.42. The molecular weight excluding hydrogens is 228 g/mol. The van der Waals surface area contributed by atoms with E-state index in [2.05, 4.69) is 20.5 Å². The Balaban J connectivity index is 1.98. The molecule has 0 saturated carbocycles. The van der Waals surface area contributed by atoms with E-state index in [0.717, 1.165) is 11.1 Å². The van der Waals surface area contributed by atoms with Crippen molar-refractivity contribution in [3.05, 3.63) is 59.7 Å². The number of aromatic nitrogens is 2. The average molecular weight is 240 g/mol. The Morgan fingerprint density at radius 1 is 1.39 bits per heavy atom. The molecule has 1 N–H and O–H groups in total. The lowest BCUT2D eigenvalue weighted by atomic mass is 10.2. The average Bonchev–Trinajstić information content (AvgIpc) is 2.40. The van der Waals surface area contributed by atoms with Gasteiger partial charge >= 0.3 is 0 Å². The zero-order chi connectivity index (χ0) is 12.8. The third-order valence-electron chi connectivity index (χ3n) is 2.22. The number of rotatable bonds is 3. The first kappa shape index (κ1) is 11.9. The highest BCUT2D eigenvalue weighted by Gasteiger charge is 2.04. The summed E-state index contributed by atoms with van der Waals surface area (Å²) in [4.78, 5) is 19.3. The number of hydrogen-bond donors (Lipinski definition) is 1. The third kappa shape index (κ3) is 3.21. The minimum absolute atomic E-state index is 0.235. The molecule has 2 aromatic rings. The molecule has 1 aromatic carbocycles. The van der Waals surface area contributed by atoms with Crippen molar-refractivity contribution in [1.82, 2.24) is 15.4 Å². The van der Waals surface area contributed by atoms with Gasteiger partial charge < -0.3 is 0 Å². The molecule has 1 heterocycles. The van der Waals surface area contributed by atoms with Gasteiger partial charge in [0.1, 0.15) is 5.69 Å². The van der Waals surface area contributed by atoms with Gasteiger partial charge in [-0.3, -0.25) is 9.78 Å². The number of hydrogen-bond acceptors (Lipinski definition) is 4. The Morgan fingerprint density at radius 2 is 2.28 bits per heavy atom. The summed E-state index contributed by atoms with van der Waals surface area (Å²) in [6.07, 6.45) is 5.94. The monoisotopic (exact) mass is 240 g/mol. The lowest BCUT2D eigenvalue weighted by molar-refractivity contribution is 0.0950. The van der Waals surface area contributed by atoms with E-state index in [1.807, 2.05) is 31.2 Å². The van der Waals surface area contributed by atoms with Gasteiger partial charge in [-0.15, -0.1) is 0 Å². The van der Waals surface area contributed by atoms with Crippen LogP contribution < -0.4 is 5.43 Å². The molecular formula is C13H12N4O. The van der Waals surface area contributed by atoms with Gasteiger partial charge in [0.2, 0.25) is 0 Å². The van der Waals surface area contributed by atoms with E-state index in [0.29, 0.717) is 0 Å². The summed E-state index contributed by atoms with van der Waals surface area (Å²) >= 11 is 0. The molecule has 1 amide bonds. The van der Waals surface area contributed by atoms with E-state index in [1.165, 1.54) is 18.6 Å². The van der Waals surface area contributed by atoms with Crippen LogP contribution in [0, 0.1) is 6.92 Å². The van der Waals surface area contributed by atoms with Crippen LogP contribution >= 0.6 is 0 Å². The van der Waals surface area contributed by atoms with Crippen molar-refractivity contribution in [1.29, 1.82) is 0 Å². The normalized spacial score (nSPS) is 10.5. The van der Waals surface area contributed by atoms with Gasteiger partial charge in [-0.05, 0) is 12.5 Å². The van der Waals surface area contributed by atoms with E-state index in [1.54, 1.807) is 6.21 Å². The van der Waals surface area contributed by atoms with E-state index in [-0.39, 0.29) is 11.6 Å². The first-order chi connectivity index (χ1) is 8.75. The minimum atomic E-state index is -0.382. The lowest BCUT2D eigenvalue weighted by Crippen LogP contribution is -2.19. The second-order valence-corrected chi connectivity index (χ2v) is 3.70. The van der Waals surface area contributed by atoms with Crippen LogP contribution in [0.1, 0.15) is 21.6 Å². The SMILES string of the molecule is Cc1cccc(/C=N\NC(=O)c2cnccn2)c1. The van der Waals surface area contributed by atoms with Crippen LogP contribution in [-0.2, 0) is 0 Å². The second-order valence-electron chi connectivity index (χ2n) is 3.70. The number of nitrogens with zero attached hydrogens (tertiary/aromatic N) is 3. The highest BCUT2D eigenvalue weighted by atomic mass is 16.2. The fourth-order valence-electron chi connectivity index (χ4n) is 1.39. The van der Waals surface area contributed by atoms with Gasteiger partial charge in [-0.1, -0.05) is 29.8 Å². The Kier molecular flexibility index (Phi) is 3.76. The van der Waals surface area contributed by atoms with E-state index in [9.17, 15) is 4.79 Å². The van der Waals surface area contributed by atoms with Gasteiger partial charge in [0.05, 0.1) is 12.4 Å². The minimum Gasteiger partial charge on any atom is -0.265 e. The second kappa shape index (κ2) is 5.67. The summed E-state index contributed by atoms with van der Waals surface area (Å²) in [6, 6.07) is 7.81. The molecule has 2 rings (SSSR count). The summed E-state index contributed by atoms with van der Waals surface area (Å²) in [5.41, 5.74) is 4.69. The van der Waals surface area contributed by atoms with Gasteiger partial charge in [-0.2, -0.15) is 5.10 Å². The maximum Gasteiger partial charge on any atom is 0.291 e. The molecule has 0 atom stereocenters. The molecule has 90 valence electrons. The predicted molar refractivity (Wildman–Crippen MR) is 68.3 cm³/mol. The molecule has 0 aliphatic heterocycles. The van der Waals surface area contributed by atoms with Crippen molar-refractivity contribution in [2.45, 2.75) is 6.92 Å². The largest absolute Gasteiger partial charge is 0.291 e. The molecule has 1 aromatic heterocycles. The highest BCUT2D eigenvalue weighted by molar-refractivity contribution is 5.92. The molecule has 0 fully saturated rings. The van der Waals surface area contributed by atoms with Crippen molar-refractivity contribution in [3.63, 3.8) is 0 Å². The van der Waals surface area contributed by atoms with Crippen molar-refractivity contribution in [3.8, 4) is 0 Å². The Hall–Kier alpha value is -2.56. The smallest absolute Gasteiger partial charge is 0.265 e. The fraction of sp³-hybridized carbons (Fsp3) is 0.0769. The molecule has 5 heteroatoms. The zero-order valence-electron chi connectivity index (χ0n) is 9.87. The zero-order valence-corrected chi connectivity index (χ0v) is 9.87. The Morgan fingerprint density at radius 3 is 3.00 bits per heavy atom. The van der Waals surface area contributed by atoms with Gasteiger partial charge in [-0.25, -0.2) is 10.4 Å². The van der Waals surface area contributed by atoms with Crippen LogP contribution in [0.3, 0.4) is 0 Å². The van der Waals surface area contributed by atoms with Crippen LogP contribution in [0.25, 0.3) is 0 Å². The molecule has 0 aliphatic rings. The van der Waals surface area contributed by atoms with Gasteiger partial charge in [0, 0.05) is 12.4 Å². The van der Waals surface area contributed by atoms with E-state index < -0.39 is 0 Å². The number of benzene rings is 1. The van der Waals surface area contributed by atoms with Gasteiger partial charge in [0.25, 0.3) is 5.91 Å². The molecule has 0 radical (unpaired) electrons. The van der Waals surface area contributed by atoms with Crippen LogP contribution in [-0.4, -0.2) is 22.1 Å². The molecule has 0 unspecified atom stereocenters. The summed E-state index contributed by atoms with van der Waals surface area (Å²) in [6.45, 7) is 2.00. The molecule has 0 saturated heterocycles. The van der Waals surface area contributed by atoms with Gasteiger partial charge in [0.15, 0.2) is 0 Å². The van der Waals surface area contributed by atoms with E-state index >= 15 is 0 Å². The van der Waals surface area contributed by atoms with Crippen molar-refractivity contribution >= 4 is 12.1 Å². The van der Waals surface area contributed by atoms with Crippen LogP contribution in [0.4, 0.5) is 0 Å². The molecule has 18 heavy (non-hydrogen) atoms. The summed E-state index contributed by atoms with van der Waals surface area (Å²) in [5, 5.41) is 3.87. The number of aryl methyl sites for hydroxylation is 1. The molecule has 5 nitrogen and oxygen atoms in total. The Labute approximate surface area is 105 Å². The number of nitrogens with one attached hydrogen (secondary N) is 1. The molecule has 0 spiro atoms. The van der Waals surface area contributed by atoms with Crippen LogP contribution in [0.2, 0.25) is 0 Å².